The summed E-state index contributed by atoms with van der Waals surface area (Å²) < 4.78 is 11.6. The molecule has 0 aliphatic heterocycles. The van der Waals surface area contributed by atoms with Gasteiger partial charge in [-0.1, -0.05) is 13.5 Å². The monoisotopic (exact) mass is 251 g/mol. The number of allylic oxidation sites excluding steroid dienone is 2. The van der Waals surface area contributed by atoms with Crippen LogP contribution in [0.2, 0.25) is 0 Å². The fourth-order valence-electron chi connectivity index (χ4n) is 1.32. The molecule has 0 aliphatic rings. The van der Waals surface area contributed by atoms with Gasteiger partial charge in [0.05, 0.1) is 5.70 Å². The van der Waals surface area contributed by atoms with Crippen LogP contribution in [0.15, 0.2) is 28.8 Å². The van der Waals surface area contributed by atoms with Crippen molar-refractivity contribution >= 4 is 13.3 Å². The molecule has 0 atom stereocenters. The molecule has 0 aromatic carbocycles. The molecule has 0 saturated heterocycles. The molecule has 4 heteroatoms. The Kier molecular flexibility index (Phi) is 7.88. The number of rotatable bonds is 8. The van der Waals surface area contributed by atoms with E-state index in [0.29, 0.717) is 12.3 Å². The Morgan fingerprint density at radius 3 is 2.44 bits per heavy atom. The van der Waals surface area contributed by atoms with Gasteiger partial charge in [-0.05, 0) is 52.6 Å². The normalized spacial score (nSPS) is 13.1. The second-order valence-corrected chi connectivity index (χ2v) is 4.79. The molecule has 0 aromatic heterocycles. The third-order valence-corrected chi connectivity index (χ3v) is 2.66. The first kappa shape index (κ1) is 17.1. The van der Waals surface area contributed by atoms with E-state index < -0.39 is 0 Å². The summed E-state index contributed by atoms with van der Waals surface area (Å²) in [5.41, 5.74) is 1.48. The predicted molar refractivity (Wildman–Crippen MR) is 79.9 cm³/mol. The lowest BCUT2D eigenvalue weighted by Gasteiger charge is -2.28. The van der Waals surface area contributed by atoms with Crippen molar-refractivity contribution in [3.05, 3.63) is 23.8 Å². The van der Waals surface area contributed by atoms with Gasteiger partial charge in [0.15, 0.2) is 0 Å². The quantitative estimate of drug-likeness (QED) is 0.373. The zero-order valence-electron chi connectivity index (χ0n) is 12.6. The Bertz CT molecular complexity index is 322. The summed E-state index contributed by atoms with van der Waals surface area (Å²) in [6.45, 7) is 16.5. The summed E-state index contributed by atoms with van der Waals surface area (Å²) in [5, 5.41) is 0. The van der Waals surface area contributed by atoms with E-state index in [1.807, 2.05) is 26.8 Å². The minimum atomic E-state index is -0.339. The molecule has 0 unspecified atom stereocenters. The van der Waals surface area contributed by atoms with Crippen LogP contribution in [0.4, 0.5) is 0 Å². The molecular weight excluding hydrogens is 225 g/mol. The summed E-state index contributed by atoms with van der Waals surface area (Å²) in [4.78, 5) is 4.12. The Labute approximate surface area is 112 Å². The Balaban J connectivity index is 4.83. The Morgan fingerprint density at radius 2 is 2.00 bits per heavy atom. The summed E-state index contributed by atoms with van der Waals surface area (Å²) in [6, 6.07) is 0. The van der Waals surface area contributed by atoms with Gasteiger partial charge in [-0.25, -0.2) is 0 Å². The molecule has 0 spiro atoms. The average Bonchev–Trinajstić information content (AvgIpc) is 2.28. The molecule has 0 aliphatic carbocycles. The van der Waals surface area contributed by atoms with Crippen LogP contribution in [-0.2, 0) is 9.31 Å². The van der Waals surface area contributed by atoms with Gasteiger partial charge in [0.1, 0.15) is 0 Å². The molecule has 0 saturated carbocycles. The smallest absolute Gasteiger partial charge is 0.408 e. The molecule has 3 nitrogen and oxygen atoms in total. The maximum Gasteiger partial charge on any atom is 0.489 e. The highest BCUT2D eigenvalue weighted by Gasteiger charge is 2.28. The van der Waals surface area contributed by atoms with Crippen molar-refractivity contribution in [3.8, 4) is 0 Å². The highest BCUT2D eigenvalue weighted by molar-refractivity contribution is 6.53. The van der Waals surface area contributed by atoms with Crippen molar-refractivity contribution in [1.82, 2.24) is 0 Å². The predicted octanol–water partition coefficient (Wildman–Crippen LogP) is 3.81. The van der Waals surface area contributed by atoms with Crippen molar-refractivity contribution in [2.24, 2.45) is 4.99 Å². The first-order chi connectivity index (χ1) is 8.36. The maximum absolute atomic E-state index is 5.98. The van der Waals surface area contributed by atoms with E-state index in [9.17, 15) is 0 Å². The topological polar surface area (TPSA) is 30.8 Å². The second kappa shape index (κ2) is 8.27. The van der Waals surface area contributed by atoms with E-state index in [0.717, 1.165) is 11.9 Å². The van der Waals surface area contributed by atoms with Gasteiger partial charge in [-0.15, -0.1) is 0 Å². The van der Waals surface area contributed by atoms with Gasteiger partial charge in [-0.2, -0.15) is 0 Å². The Morgan fingerprint density at radius 1 is 1.39 bits per heavy atom. The first-order valence-corrected chi connectivity index (χ1v) is 6.51. The van der Waals surface area contributed by atoms with Crippen molar-refractivity contribution in [1.29, 1.82) is 0 Å². The number of hydrogen-bond acceptors (Lipinski definition) is 3. The molecule has 0 radical (unpaired) electrons. The van der Waals surface area contributed by atoms with Crippen LogP contribution in [0.5, 0.6) is 0 Å². The summed E-state index contributed by atoms with van der Waals surface area (Å²) in [6.07, 6.45) is 4.54. The van der Waals surface area contributed by atoms with Gasteiger partial charge < -0.3 is 9.31 Å². The third kappa shape index (κ3) is 6.77. The molecule has 0 fully saturated rings. The van der Waals surface area contributed by atoms with E-state index in [2.05, 4.69) is 32.3 Å². The SMILES string of the molecule is C=C(/C=C(\C)B(OCC)OC(C)(C)CC)/N=C\C. The lowest BCUT2D eigenvalue weighted by Crippen LogP contribution is -2.36. The number of nitrogens with zero attached hydrogens (tertiary/aromatic N) is 1. The molecule has 102 valence electrons. The minimum absolute atomic E-state index is 0.204. The van der Waals surface area contributed by atoms with Crippen molar-refractivity contribution in [2.45, 2.75) is 53.6 Å². The Hall–Kier alpha value is -0.865. The highest BCUT2D eigenvalue weighted by atomic mass is 16.6. The molecule has 0 amide bonds. The van der Waals surface area contributed by atoms with E-state index in [1.54, 1.807) is 6.21 Å². The van der Waals surface area contributed by atoms with Crippen LogP contribution in [0, 0.1) is 0 Å². The molecule has 0 rings (SSSR count). The van der Waals surface area contributed by atoms with Crippen LogP contribution >= 0.6 is 0 Å². The molecule has 0 aromatic rings. The van der Waals surface area contributed by atoms with Crippen LogP contribution in [0.25, 0.3) is 0 Å². The lowest BCUT2D eigenvalue weighted by atomic mass is 9.77. The van der Waals surface area contributed by atoms with Gasteiger partial charge in [-0.3, -0.25) is 4.99 Å². The summed E-state index contributed by atoms with van der Waals surface area (Å²) >= 11 is 0. The van der Waals surface area contributed by atoms with E-state index in [-0.39, 0.29) is 12.7 Å². The largest absolute Gasteiger partial charge is 0.489 e. The zero-order valence-corrected chi connectivity index (χ0v) is 12.6. The van der Waals surface area contributed by atoms with Crippen molar-refractivity contribution in [2.75, 3.05) is 6.61 Å². The van der Waals surface area contributed by atoms with E-state index in [4.69, 9.17) is 9.31 Å². The van der Waals surface area contributed by atoms with Gasteiger partial charge in [0, 0.05) is 18.4 Å². The number of aliphatic imine (C=N–C) groups is 1. The van der Waals surface area contributed by atoms with Crippen LogP contribution in [0.1, 0.15) is 48.0 Å². The fraction of sp³-hybridized carbons (Fsp3) is 0.643. The summed E-state index contributed by atoms with van der Waals surface area (Å²) in [5.74, 6) is 0. The van der Waals surface area contributed by atoms with Gasteiger partial charge in [0.2, 0.25) is 0 Å². The van der Waals surface area contributed by atoms with E-state index >= 15 is 0 Å². The number of hydrogen-bond donors (Lipinski definition) is 0. The average molecular weight is 251 g/mol. The summed E-state index contributed by atoms with van der Waals surface area (Å²) in [7, 11) is -0.339. The minimum Gasteiger partial charge on any atom is -0.408 e. The molecular formula is C14H26BNO2. The van der Waals surface area contributed by atoms with Crippen molar-refractivity contribution < 1.29 is 9.31 Å². The van der Waals surface area contributed by atoms with E-state index in [1.165, 1.54) is 0 Å². The zero-order chi connectivity index (χ0) is 14.2. The highest BCUT2D eigenvalue weighted by Crippen LogP contribution is 2.19. The van der Waals surface area contributed by atoms with Crippen LogP contribution < -0.4 is 0 Å². The van der Waals surface area contributed by atoms with Crippen LogP contribution in [0.3, 0.4) is 0 Å². The third-order valence-electron chi connectivity index (χ3n) is 2.66. The molecule has 18 heavy (non-hydrogen) atoms. The maximum atomic E-state index is 5.98. The first-order valence-electron chi connectivity index (χ1n) is 6.51. The fourth-order valence-corrected chi connectivity index (χ4v) is 1.32. The molecule has 0 bridgehead atoms. The van der Waals surface area contributed by atoms with Crippen LogP contribution in [-0.4, -0.2) is 25.5 Å². The lowest BCUT2D eigenvalue weighted by molar-refractivity contribution is 0.0684. The molecule has 0 heterocycles. The standard InChI is InChI=1S/C14H26BNO2/c1-8-14(6,7)18-15(17-10-3)12(4)11-13(5)16-9-2/h9,11H,5,8,10H2,1-4,6-7H3/b12-11+,16-9-. The van der Waals surface area contributed by atoms with Crippen molar-refractivity contribution in [3.63, 3.8) is 0 Å². The van der Waals surface area contributed by atoms with Gasteiger partial charge >= 0.3 is 7.12 Å². The molecule has 0 N–H and O–H groups in total. The second-order valence-electron chi connectivity index (χ2n) is 4.79. The van der Waals surface area contributed by atoms with Gasteiger partial charge in [0.25, 0.3) is 0 Å².